The maximum absolute atomic E-state index is 13.6. The van der Waals surface area contributed by atoms with E-state index in [-0.39, 0.29) is 23.1 Å². The molecule has 2 aromatic heterocycles. The average Bonchev–Trinajstić information content (AvgIpc) is 3.03. The summed E-state index contributed by atoms with van der Waals surface area (Å²) in [6.07, 6.45) is -4.67. The Hall–Kier alpha value is -3.10. The highest BCUT2D eigenvalue weighted by molar-refractivity contribution is 5.93. The quantitative estimate of drug-likeness (QED) is 0.754. The summed E-state index contributed by atoms with van der Waals surface area (Å²) >= 11 is 0. The molecule has 2 heterocycles. The normalized spacial score (nSPS) is 11.8. The van der Waals surface area contributed by atoms with Gasteiger partial charge in [0.25, 0.3) is 5.91 Å². The largest absolute Gasteiger partial charge is 0.497 e. The number of halogens is 3. The van der Waals surface area contributed by atoms with Crippen LogP contribution in [0.25, 0.3) is 16.9 Å². The number of methoxy groups -OCH3 is 1. The summed E-state index contributed by atoms with van der Waals surface area (Å²) in [5.74, 6) is -0.0696. The molecule has 6 nitrogen and oxygen atoms in total. The molecule has 3 aromatic rings. The summed E-state index contributed by atoms with van der Waals surface area (Å²) in [4.78, 5) is 16.4. The van der Waals surface area contributed by atoms with Crippen LogP contribution in [0.3, 0.4) is 0 Å². The van der Waals surface area contributed by atoms with Gasteiger partial charge in [-0.2, -0.15) is 18.3 Å². The second kappa shape index (κ2) is 6.90. The topological polar surface area (TPSA) is 68.5 Å². The van der Waals surface area contributed by atoms with Crippen LogP contribution in [0.15, 0.2) is 36.4 Å². The van der Waals surface area contributed by atoms with E-state index in [0.717, 1.165) is 6.07 Å². The highest BCUT2D eigenvalue weighted by atomic mass is 19.4. The minimum atomic E-state index is -4.67. The summed E-state index contributed by atoms with van der Waals surface area (Å²) in [5.41, 5.74) is -0.670. The molecule has 9 heteroatoms. The number of nitrogens with zero attached hydrogens (tertiary/aromatic N) is 3. The second-order valence-electron chi connectivity index (χ2n) is 6.18. The molecule has 1 amide bonds. The summed E-state index contributed by atoms with van der Waals surface area (Å²) in [5, 5.41) is 6.40. The molecule has 0 radical (unpaired) electrons. The number of rotatable bonds is 4. The SMILES string of the molecule is COc1cccc(-c2cc(C(F)(F)F)n3nc(C(=O)NC(C)C)cc3n2)c1. The Bertz CT molecular complexity index is 996. The third-order valence-electron chi connectivity index (χ3n) is 3.74. The first-order chi connectivity index (χ1) is 12.7. The van der Waals surface area contributed by atoms with Crippen molar-refractivity contribution >= 4 is 11.6 Å². The van der Waals surface area contributed by atoms with Crippen LogP contribution in [0.1, 0.15) is 30.0 Å². The number of nitrogens with one attached hydrogen (secondary N) is 1. The minimum Gasteiger partial charge on any atom is -0.497 e. The van der Waals surface area contributed by atoms with Gasteiger partial charge in [-0.05, 0) is 32.0 Å². The Balaban J connectivity index is 2.18. The number of carbonyl (C=O) groups is 1. The minimum absolute atomic E-state index is 0.0726. The molecule has 0 aliphatic heterocycles. The van der Waals surface area contributed by atoms with Gasteiger partial charge in [-0.3, -0.25) is 4.79 Å². The van der Waals surface area contributed by atoms with Crippen LogP contribution >= 0.6 is 0 Å². The molecular formula is C18H17F3N4O2. The molecular weight excluding hydrogens is 361 g/mol. The molecule has 27 heavy (non-hydrogen) atoms. The molecule has 1 aromatic carbocycles. The van der Waals surface area contributed by atoms with Gasteiger partial charge in [0.2, 0.25) is 0 Å². The molecule has 142 valence electrons. The zero-order valence-corrected chi connectivity index (χ0v) is 14.8. The van der Waals surface area contributed by atoms with Crippen molar-refractivity contribution in [3.63, 3.8) is 0 Å². The van der Waals surface area contributed by atoms with Crippen LogP contribution in [0, 0.1) is 0 Å². The van der Waals surface area contributed by atoms with Gasteiger partial charge in [0.15, 0.2) is 17.0 Å². The number of carbonyl (C=O) groups excluding carboxylic acids is 1. The maximum atomic E-state index is 13.6. The number of ether oxygens (including phenoxy) is 1. The lowest BCUT2D eigenvalue weighted by Gasteiger charge is -2.11. The van der Waals surface area contributed by atoms with Gasteiger partial charge in [0.05, 0.1) is 12.8 Å². The van der Waals surface area contributed by atoms with Gasteiger partial charge in [0, 0.05) is 17.7 Å². The summed E-state index contributed by atoms with van der Waals surface area (Å²) in [6.45, 7) is 3.49. The number of fused-ring (bicyclic) bond motifs is 1. The van der Waals surface area contributed by atoms with Crippen LogP contribution in [0.4, 0.5) is 13.2 Å². The van der Waals surface area contributed by atoms with Crippen molar-refractivity contribution in [1.82, 2.24) is 19.9 Å². The van der Waals surface area contributed by atoms with E-state index < -0.39 is 17.8 Å². The van der Waals surface area contributed by atoms with E-state index in [9.17, 15) is 18.0 Å². The van der Waals surface area contributed by atoms with Crippen LogP contribution in [0.2, 0.25) is 0 Å². The molecule has 0 saturated carbocycles. The summed E-state index contributed by atoms with van der Waals surface area (Å²) in [7, 11) is 1.47. The van der Waals surface area contributed by atoms with Crippen molar-refractivity contribution in [2.24, 2.45) is 0 Å². The summed E-state index contributed by atoms with van der Waals surface area (Å²) in [6, 6.07) is 8.51. The number of alkyl halides is 3. The Morgan fingerprint density at radius 2 is 1.96 bits per heavy atom. The molecule has 0 spiro atoms. The van der Waals surface area contributed by atoms with Crippen LogP contribution in [0.5, 0.6) is 5.75 Å². The van der Waals surface area contributed by atoms with Crippen LogP contribution in [-0.2, 0) is 6.18 Å². The van der Waals surface area contributed by atoms with E-state index in [4.69, 9.17) is 4.74 Å². The zero-order valence-electron chi connectivity index (χ0n) is 14.8. The van der Waals surface area contributed by atoms with E-state index in [1.165, 1.54) is 13.2 Å². The third kappa shape index (κ3) is 3.86. The van der Waals surface area contributed by atoms with Crippen molar-refractivity contribution in [3.05, 3.63) is 47.8 Å². The Kier molecular flexibility index (Phi) is 4.77. The fourth-order valence-corrected chi connectivity index (χ4v) is 2.55. The maximum Gasteiger partial charge on any atom is 0.433 e. The van der Waals surface area contributed by atoms with Gasteiger partial charge in [0.1, 0.15) is 5.75 Å². The van der Waals surface area contributed by atoms with Crippen molar-refractivity contribution in [3.8, 4) is 17.0 Å². The molecule has 0 fully saturated rings. The Morgan fingerprint density at radius 1 is 1.22 bits per heavy atom. The Morgan fingerprint density at radius 3 is 2.59 bits per heavy atom. The first kappa shape index (κ1) is 18.7. The third-order valence-corrected chi connectivity index (χ3v) is 3.74. The van der Waals surface area contributed by atoms with E-state index >= 15 is 0 Å². The van der Waals surface area contributed by atoms with E-state index in [1.807, 2.05) is 0 Å². The van der Waals surface area contributed by atoms with Gasteiger partial charge >= 0.3 is 6.18 Å². The molecule has 0 unspecified atom stereocenters. The zero-order chi connectivity index (χ0) is 19.8. The Labute approximate surface area is 153 Å². The van der Waals surface area contributed by atoms with Crippen LogP contribution < -0.4 is 10.1 Å². The first-order valence-corrected chi connectivity index (χ1v) is 8.12. The van der Waals surface area contributed by atoms with Crippen molar-refractivity contribution in [2.75, 3.05) is 7.11 Å². The molecule has 0 saturated heterocycles. The predicted octanol–water partition coefficient (Wildman–Crippen LogP) is 3.56. The van der Waals surface area contributed by atoms with Crippen molar-refractivity contribution < 1.29 is 22.7 Å². The predicted molar refractivity (Wildman–Crippen MR) is 92.6 cm³/mol. The molecule has 1 N–H and O–H groups in total. The number of hydrogen-bond donors (Lipinski definition) is 1. The lowest BCUT2D eigenvalue weighted by Crippen LogP contribution is -2.30. The van der Waals surface area contributed by atoms with E-state index in [1.54, 1.807) is 38.1 Å². The second-order valence-corrected chi connectivity index (χ2v) is 6.18. The van der Waals surface area contributed by atoms with E-state index in [0.29, 0.717) is 15.8 Å². The van der Waals surface area contributed by atoms with Gasteiger partial charge < -0.3 is 10.1 Å². The van der Waals surface area contributed by atoms with Crippen LogP contribution in [-0.4, -0.2) is 33.7 Å². The molecule has 0 aliphatic rings. The standard InChI is InChI=1S/C18H17F3N4O2/c1-10(2)22-17(26)14-9-16-23-13(11-5-4-6-12(7-11)27-3)8-15(18(19,20)21)25(16)24-14/h4-10H,1-3H3,(H,22,26). The summed E-state index contributed by atoms with van der Waals surface area (Å²) < 4.78 is 46.4. The molecule has 0 bridgehead atoms. The fourth-order valence-electron chi connectivity index (χ4n) is 2.55. The highest BCUT2D eigenvalue weighted by Gasteiger charge is 2.35. The monoisotopic (exact) mass is 378 g/mol. The van der Waals surface area contributed by atoms with Gasteiger partial charge in [-0.15, -0.1) is 0 Å². The number of benzene rings is 1. The fraction of sp³-hybridized carbons (Fsp3) is 0.278. The molecule has 0 aliphatic carbocycles. The van der Waals surface area contributed by atoms with Crippen molar-refractivity contribution in [1.29, 1.82) is 0 Å². The number of hydrogen-bond acceptors (Lipinski definition) is 4. The molecule has 0 atom stereocenters. The first-order valence-electron chi connectivity index (χ1n) is 8.12. The van der Waals surface area contributed by atoms with Gasteiger partial charge in [-0.1, -0.05) is 12.1 Å². The lowest BCUT2D eigenvalue weighted by molar-refractivity contribution is -0.142. The molecule has 3 rings (SSSR count). The number of amides is 1. The average molecular weight is 378 g/mol. The smallest absolute Gasteiger partial charge is 0.433 e. The van der Waals surface area contributed by atoms with Crippen molar-refractivity contribution in [2.45, 2.75) is 26.1 Å². The number of aromatic nitrogens is 3. The lowest BCUT2D eigenvalue weighted by atomic mass is 10.1. The highest BCUT2D eigenvalue weighted by Crippen LogP contribution is 2.33. The van der Waals surface area contributed by atoms with Gasteiger partial charge in [-0.25, -0.2) is 9.50 Å². The van der Waals surface area contributed by atoms with E-state index in [2.05, 4.69) is 15.4 Å².